The minimum Gasteiger partial charge on any atom is -0.491 e. The average Bonchev–Trinajstić information content (AvgIpc) is 2.66. The number of aryl methyl sites for hydroxylation is 1. The second-order valence-electron chi connectivity index (χ2n) is 7.27. The van der Waals surface area contributed by atoms with Crippen molar-refractivity contribution in [1.29, 1.82) is 0 Å². The summed E-state index contributed by atoms with van der Waals surface area (Å²) in [6.45, 7) is 6.34. The summed E-state index contributed by atoms with van der Waals surface area (Å²) in [5, 5.41) is 5.72. The van der Waals surface area contributed by atoms with Gasteiger partial charge in [-0.1, -0.05) is 38.1 Å². The van der Waals surface area contributed by atoms with Crippen LogP contribution in [-0.4, -0.2) is 16.6 Å². The molecule has 1 aromatic heterocycles. The normalized spacial score (nSPS) is 11.4. The van der Waals surface area contributed by atoms with Gasteiger partial charge in [-0.3, -0.25) is 0 Å². The van der Waals surface area contributed by atoms with Gasteiger partial charge in [-0.2, -0.15) is 18.2 Å². The van der Waals surface area contributed by atoms with Crippen LogP contribution in [0.3, 0.4) is 0 Å². The zero-order valence-corrected chi connectivity index (χ0v) is 16.9. The van der Waals surface area contributed by atoms with E-state index in [-0.39, 0.29) is 17.7 Å². The summed E-state index contributed by atoms with van der Waals surface area (Å²) < 4.78 is 46.4. The Labute approximate surface area is 173 Å². The lowest BCUT2D eigenvalue weighted by atomic mass is 10.2. The van der Waals surface area contributed by atoms with E-state index in [2.05, 4.69) is 20.6 Å². The number of ether oxygens (including phenoxy) is 1. The van der Waals surface area contributed by atoms with E-state index in [1.807, 2.05) is 39.0 Å². The van der Waals surface area contributed by atoms with Crippen molar-refractivity contribution in [1.82, 2.24) is 9.97 Å². The molecular formula is C22H23F3N4O. The van der Waals surface area contributed by atoms with Crippen LogP contribution >= 0.6 is 0 Å². The van der Waals surface area contributed by atoms with Gasteiger partial charge < -0.3 is 15.4 Å². The highest BCUT2D eigenvalue weighted by atomic mass is 19.4. The van der Waals surface area contributed by atoms with Crippen LogP contribution in [0, 0.1) is 12.8 Å². The predicted molar refractivity (Wildman–Crippen MR) is 112 cm³/mol. The first-order valence-electron chi connectivity index (χ1n) is 9.49. The monoisotopic (exact) mass is 416 g/mol. The van der Waals surface area contributed by atoms with Crippen LogP contribution in [0.2, 0.25) is 0 Å². The molecule has 0 fully saturated rings. The Morgan fingerprint density at radius 1 is 1.03 bits per heavy atom. The Morgan fingerprint density at radius 2 is 1.80 bits per heavy atom. The van der Waals surface area contributed by atoms with Crippen LogP contribution in [-0.2, 0) is 6.18 Å². The number of halogens is 3. The fourth-order valence-electron chi connectivity index (χ4n) is 2.68. The molecule has 3 aromatic rings. The number of nitrogens with one attached hydrogen (secondary N) is 2. The summed E-state index contributed by atoms with van der Waals surface area (Å²) >= 11 is 0. The SMILES string of the molecule is Cc1cccc(Nc2ncc(C(F)(F)F)c(Nc3ccccc3OCC(C)C)n2)c1. The number of rotatable bonds is 7. The Morgan fingerprint density at radius 3 is 2.50 bits per heavy atom. The van der Waals surface area contributed by atoms with Crippen LogP contribution in [0.5, 0.6) is 5.75 Å². The van der Waals surface area contributed by atoms with Crippen molar-refractivity contribution in [2.24, 2.45) is 5.92 Å². The molecule has 1 heterocycles. The van der Waals surface area contributed by atoms with Crippen molar-refractivity contribution in [3.05, 3.63) is 65.9 Å². The summed E-state index contributed by atoms with van der Waals surface area (Å²) in [6, 6.07) is 14.2. The maximum absolute atomic E-state index is 13.5. The van der Waals surface area contributed by atoms with E-state index >= 15 is 0 Å². The molecule has 0 radical (unpaired) electrons. The molecule has 2 N–H and O–H groups in total. The van der Waals surface area contributed by atoms with Gasteiger partial charge in [0.05, 0.1) is 12.3 Å². The van der Waals surface area contributed by atoms with Crippen molar-refractivity contribution in [2.75, 3.05) is 17.2 Å². The van der Waals surface area contributed by atoms with Gasteiger partial charge in [0.1, 0.15) is 17.1 Å². The molecule has 2 aromatic carbocycles. The van der Waals surface area contributed by atoms with Gasteiger partial charge in [0.15, 0.2) is 0 Å². The van der Waals surface area contributed by atoms with Gasteiger partial charge in [-0.25, -0.2) is 4.98 Å². The number of benzene rings is 2. The van der Waals surface area contributed by atoms with E-state index in [0.29, 0.717) is 23.7 Å². The molecular weight excluding hydrogens is 393 g/mol. The molecule has 158 valence electrons. The quantitative estimate of drug-likeness (QED) is 0.472. The van der Waals surface area contributed by atoms with E-state index in [0.717, 1.165) is 11.8 Å². The number of hydrogen-bond donors (Lipinski definition) is 2. The molecule has 3 rings (SSSR count). The van der Waals surface area contributed by atoms with Gasteiger partial charge >= 0.3 is 6.18 Å². The molecule has 0 atom stereocenters. The van der Waals surface area contributed by atoms with Crippen LogP contribution in [0.4, 0.5) is 36.3 Å². The van der Waals surface area contributed by atoms with Gasteiger partial charge in [0.2, 0.25) is 5.95 Å². The second-order valence-corrected chi connectivity index (χ2v) is 7.27. The zero-order valence-electron chi connectivity index (χ0n) is 16.9. The lowest BCUT2D eigenvalue weighted by Crippen LogP contribution is -2.13. The molecule has 30 heavy (non-hydrogen) atoms. The van der Waals surface area contributed by atoms with Crippen molar-refractivity contribution in [3.63, 3.8) is 0 Å². The van der Waals surface area contributed by atoms with Crippen molar-refractivity contribution in [3.8, 4) is 5.75 Å². The van der Waals surface area contributed by atoms with Crippen LogP contribution in [0.15, 0.2) is 54.7 Å². The third-order valence-corrected chi connectivity index (χ3v) is 4.08. The van der Waals surface area contributed by atoms with Crippen molar-refractivity contribution >= 4 is 23.1 Å². The average molecular weight is 416 g/mol. The van der Waals surface area contributed by atoms with Gasteiger partial charge in [0.25, 0.3) is 0 Å². The highest BCUT2D eigenvalue weighted by Gasteiger charge is 2.35. The number of alkyl halides is 3. The Kier molecular flexibility index (Phi) is 6.44. The predicted octanol–water partition coefficient (Wildman–Crippen LogP) is 6.33. The van der Waals surface area contributed by atoms with E-state index in [9.17, 15) is 13.2 Å². The first kappa shape index (κ1) is 21.4. The van der Waals surface area contributed by atoms with E-state index in [1.54, 1.807) is 30.3 Å². The van der Waals surface area contributed by atoms with Gasteiger partial charge in [-0.05, 0) is 42.7 Å². The third-order valence-electron chi connectivity index (χ3n) is 4.08. The smallest absolute Gasteiger partial charge is 0.421 e. The van der Waals surface area contributed by atoms with Crippen LogP contribution < -0.4 is 15.4 Å². The van der Waals surface area contributed by atoms with E-state index in [1.165, 1.54) is 0 Å². The maximum atomic E-state index is 13.5. The largest absolute Gasteiger partial charge is 0.491 e. The number of nitrogens with zero attached hydrogens (tertiary/aromatic N) is 2. The van der Waals surface area contributed by atoms with E-state index in [4.69, 9.17) is 4.74 Å². The molecule has 8 heteroatoms. The van der Waals surface area contributed by atoms with Crippen LogP contribution in [0.1, 0.15) is 25.0 Å². The summed E-state index contributed by atoms with van der Waals surface area (Å²) in [5.74, 6) is 0.420. The highest BCUT2D eigenvalue weighted by molar-refractivity contribution is 5.67. The minimum absolute atomic E-state index is 0.0525. The number of para-hydroxylation sites is 2. The summed E-state index contributed by atoms with van der Waals surface area (Å²) in [4.78, 5) is 7.93. The van der Waals surface area contributed by atoms with Gasteiger partial charge in [-0.15, -0.1) is 0 Å². The molecule has 0 unspecified atom stereocenters. The molecule has 0 amide bonds. The Balaban J connectivity index is 1.94. The highest BCUT2D eigenvalue weighted by Crippen LogP contribution is 2.37. The second kappa shape index (κ2) is 9.02. The first-order valence-corrected chi connectivity index (χ1v) is 9.49. The van der Waals surface area contributed by atoms with Gasteiger partial charge in [0, 0.05) is 11.9 Å². The Hall–Kier alpha value is -3.29. The minimum atomic E-state index is -4.61. The topological polar surface area (TPSA) is 59.1 Å². The first-order chi connectivity index (χ1) is 14.2. The molecule has 5 nitrogen and oxygen atoms in total. The third kappa shape index (κ3) is 5.62. The molecule has 0 aliphatic carbocycles. The Bertz CT molecular complexity index is 1010. The lowest BCUT2D eigenvalue weighted by molar-refractivity contribution is -0.137. The lowest BCUT2D eigenvalue weighted by Gasteiger charge is -2.17. The fraction of sp³-hybridized carbons (Fsp3) is 0.273. The number of aromatic nitrogens is 2. The maximum Gasteiger partial charge on any atom is 0.421 e. The molecule has 0 aliphatic rings. The standard InChI is InChI=1S/C22H23F3N4O/c1-14(2)13-30-19-10-5-4-9-18(19)28-20-17(22(23,24)25)12-26-21(29-20)27-16-8-6-7-15(3)11-16/h4-12,14H,13H2,1-3H3,(H2,26,27,28,29). The number of hydrogen-bond acceptors (Lipinski definition) is 5. The van der Waals surface area contributed by atoms with Crippen molar-refractivity contribution < 1.29 is 17.9 Å². The number of anilines is 4. The summed E-state index contributed by atoms with van der Waals surface area (Å²) in [6.07, 6.45) is -3.84. The fourth-order valence-corrected chi connectivity index (χ4v) is 2.68. The molecule has 0 bridgehead atoms. The summed E-state index contributed by atoms with van der Waals surface area (Å²) in [5.41, 5.74) is 1.11. The van der Waals surface area contributed by atoms with E-state index < -0.39 is 11.7 Å². The summed E-state index contributed by atoms with van der Waals surface area (Å²) in [7, 11) is 0. The molecule has 0 saturated heterocycles. The zero-order chi connectivity index (χ0) is 21.7. The molecule has 0 saturated carbocycles. The van der Waals surface area contributed by atoms with Crippen molar-refractivity contribution in [2.45, 2.75) is 26.9 Å². The molecule has 0 spiro atoms. The molecule has 0 aliphatic heterocycles. The van der Waals surface area contributed by atoms with Crippen LogP contribution in [0.25, 0.3) is 0 Å².